The number of hydrogen-bond donors (Lipinski definition) is 1. The van der Waals surface area contributed by atoms with E-state index in [2.05, 4.69) is 83.5 Å². The van der Waals surface area contributed by atoms with Crippen molar-refractivity contribution in [2.24, 2.45) is 51.2 Å². The zero-order valence-electron chi connectivity index (χ0n) is 26.4. The number of aliphatic hydroxyl groups is 1. The summed E-state index contributed by atoms with van der Waals surface area (Å²) in [5.74, 6) is 4.35. The maximum atomic E-state index is 8.39. The Morgan fingerprint density at radius 3 is 1.35 bits per heavy atom. The predicted molar refractivity (Wildman–Crippen MR) is 157 cm³/mol. The molecule has 0 aliphatic heterocycles. The van der Waals surface area contributed by atoms with E-state index < -0.39 is 0 Å². The molecule has 1 N–H and O–H groups in total. The zero-order valence-corrected chi connectivity index (χ0v) is 26.4. The van der Waals surface area contributed by atoms with Gasteiger partial charge in [-0.1, -0.05) is 75.0 Å². The van der Waals surface area contributed by atoms with Gasteiger partial charge in [0, 0.05) is 5.41 Å². The Bertz CT molecular complexity index is 1020. The summed E-state index contributed by atoms with van der Waals surface area (Å²) in [6, 6.07) is 0. The van der Waals surface area contributed by atoms with Crippen LogP contribution in [0.1, 0.15) is 101 Å². The Morgan fingerprint density at radius 2 is 1.08 bits per heavy atom. The molecular formula is C35H58NO+. The molecule has 208 valence electrons. The molecule has 0 aromatic heterocycles. The molecule has 0 aromatic rings. The highest BCUT2D eigenvalue weighted by atomic mass is 16.3. The minimum Gasteiger partial charge on any atom is -0.391 e. The highest BCUT2D eigenvalue weighted by Crippen LogP contribution is 2.75. The topological polar surface area (TPSA) is 20.2 Å². The summed E-state index contributed by atoms with van der Waals surface area (Å²) in [5, 5.41) is 8.39. The number of quaternary nitrogens is 1. The molecule has 9 rings (SSSR count). The van der Waals surface area contributed by atoms with Crippen LogP contribution in [0.4, 0.5) is 0 Å². The quantitative estimate of drug-likeness (QED) is 0.300. The van der Waals surface area contributed by atoms with Gasteiger partial charge in [-0.3, -0.25) is 0 Å². The fraction of sp³-hybridized carbons (Fsp3) is 0.829. The van der Waals surface area contributed by atoms with Crippen molar-refractivity contribution in [3.05, 3.63) is 33.4 Å². The minimum atomic E-state index is 0.281. The van der Waals surface area contributed by atoms with Gasteiger partial charge in [0.2, 0.25) is 0 Å². The summed E-state index contributed by atoms with van der Waals surface area (Å²) >= 11 is 0. The molecule has 0 radical (unpaired) electrons. The van der Waals surface area contributed by atoms with E-state index in [1.165, 1.54) is 38.5 Å². The van der Waals surface area contributed by atoms with E-state index in [0.29, 0.717) is 21.7 Å². The number of aliphatic hydroxyl groups excluding tert-OH is 1. The van der Waals surface area contributed by atoms with Crippen molar-refractivity contribution in [1.29, 1.82) is 0 Å². The molecule has 9 aliphatic rings. The van der Waals surface area contributed by atoms with Crippen LogP contribution < -0.4 is 0 Å². The lowest BCUT2D eigenvalue weighted by Crippen LogP contribution is -2.59. The van der Waals surface area contributed by atoms with Gasteiger partial charge >= 0.3 is 0 Å². The second kappa shape index (κ2) is 8.33. The van der Waals surface area contributed by atoms with Crippen molar-refractivity contribution >= 4 is 0 Å². The zero-order chi connectivity index (χ0) is 27.5. The molecule has 9 aliphatic carbocycles. The van der Waals surface area contributed by atoms with Crippen molar-refractivity contribution in [1.82, 2.24) is 0 Å². The molecule has 3 saturated carbocycles. The number of hydrogen-bond acceptors (Lipinski definition) is 1. The third kappa shape index (κ3) is 3.70. The summed E-state index contributed by atoms with van der Waals surface area (Å²) in [6.45, 7) is 24.0. The van der Waals surface area contributed by atoms with E-state index in [0.717, 1.165) is 40.6 Å². The maximum absolute atomic E-state index is 8.39. The second-order valence-corrected chi connectivity index (χ2v) is 16.9. The number of allylic oxidation sites excluding steroid dienone is 6. The molecule has 0 amide bonds. The van der Waals surface area contributed by atoms with Crippen molar-refractivity contribution in [2.75, 3.05) is 34.3 Å². The number of likely N-dealkylation sites (N-methyl/N-ethyl adjacent to an activating group) is 1. The van der Waals surface area contributed by atoms with Crippen molar-refractivity contribution in [2.45, 2.75) is 101 Å². The van der Waals surface area contributed by atoms with Gasteiger partial charge in [-0.15, -0.1) is 0 Å². The van der Waals surface area contributed by atoms with E-state index >= 15 is 0 Å². The first-order valence-electron chi connectivity index (χ1n) is 15.4. The van der Waals surface area contributed by atoms with Crippen molar-refractivity contribution in [3.63, 3.8) is 0 Å². The van der Waals surface area contributed by atoms with Crippen LogP contribution in [-0.2, 0) is 0 Å². The van der Waals surface area contributed by atoms with Crippen LogP contribution in [0, 0.1) is 51.2 Å². The average Bonchev–Trinajstić information content (AvgIpc) is 2.78. The number of rotatable bonds is 4. The van der Waals surface area contributed by atoms with Crippen LogP contribution in [0.3, 0.4) is 0 Å². The van der Waals surface area contributed by atoms with Crippen molar-refractivity contribution < 1.29 is 9.59 Å². The Balaban J connectivity index is 0.000000355. The summed E-state index contributed by atoms with van der Waals surface area (Å²) in [7, 11) is 6.16. The highest BCUT2D eigenvalue weighted by Gasteiger charge is 2.65. The Hall–Kier alpha value is -0.860. The fourth-order valence-corrected chi connectivity index (χ4v) is 10.4. The van der Waals surface area contributed by atoms with Gasteiger partial charge in [0.05, 0.1) is 27.7 Å². The summed E-state index contributed by atoms with van der Waals surface area (Å²) in [5.41, 5.74) is 12.8. The van der Waals surface area contributed by atoms with Crippen LogP contribution in [0.5, 0.6) is 0 Å². The largest absolute Gasteiger partial charge is 0.391 e. The van der Waals surface area contributed by atoms with Gasteiger partial charge in [0.15, 0.2) is 0 Å². The number of nitrogens with zero attached hydrogens (tertiary/aromatic N) is 1. The van der Waals surface area contributed by atoms with Gasteiger partial charge in [-0.2, -0.15) is 0 Å². The second-order valence-electron chi connectivity index (χ2n) is 16.9. The standard InChI is InChI=1S/C30H44.C5H14NO/c1-16-22-10-19(27(22,4)5)12-24(16)30(15-21-14-26(18(30)3)29(21,8)9)25-13-20-11-23(17(25)2)28(20,6)7;1-6(2,3)4-5-7/h19-21,24-25H,10-15H2,1-9H3;7H,4-5H2,1-3H3/q;+1. The summed E-state index contributed by atoms with van der Waals surface area (Å²) < 4.78 is 0.844. The molecule has 6 bridgehead atoms. The Kier molecular flexibility index (Phi) is 6.23. The normalized spacial score (nSPS) is 40.3. The molecule has 2 nitrogen and oxygen atoms in total. The lowest BCUT2D eigenvalue weighted by atomic mass is 9.36. The van der Waals surface area contributed by atoms with Crippen LogP contribution >= 0.6 is 0 Å². The van der Waals surface area contributed by atoms with Crippen LogP contribution in [0.15, 0.2) is 33.4 Å². The highest BCUT2D eigenvalue weighted by molar-refractivity contribution is 5.48. The molecule has 0 saturated heterocycles. The molecule has 37 heavy (non-hydrogen) atoms. The average molecular weight is 509 g/mol. The molecule has 3 fully saturated rings. The fourth-order valence-electron chi connectivity index (χ4n) is 10.4. The van der Waals surface area contributed by atoms with E-state index in [9.17, 15) is 0 Å². The molecule has 2 heteroatoms. The van der Waals surface area contributed by atoms with Gasteiger partial charge < -0.3 is 9.59 Å². The van der Waals surface area contributed by atoms with E-state index in [1.807, 2.05) is 33.4 Å². The molecule has 5 unspecified atom stereocenters. The van der Waals surface area contributed by atoms with Gasteiger partial charge in [0.25, 0.3) is 0 Å². The first kappa shape index (κ1) is 27.7. The van der Waals surface area contributed by atoms with Crippen LogP contribution in [0.25, 0.3) is 0 Å². The van der Waals surface area contributed by atoms with Crippen LogP contribution in [0.2, 0.25) is 0 Å². The lowest BCUT2D eigenvalue weighted by Gasteiger charge is -2.69. The first-order valence-corrected chi connectivity index (χ1v) is 15.4. The van der Waals surface area contributed by atoms with E-state index in [4.69, 9.17) is 5.11 Å². The predicted octanol–water partition coefficient (Wildman–Crippen LogP) is 8.19. The van der Waals surface area contributed by atoms with E-state index in [-0.39, 0.29) is 6.61 Å². The monoisotopic (exact) mass is 508 g/mol. The molecule has 5 atom stereocenters. The maximum Gasteiger partial charge on any atom is 0.101 e. The molecule has 0 spiro atoms. The Morgan fingerprint density at radius 1 is 0.676 bits per heavy atom. The first-order chi connectivity index (χ1) is 16.9. The SMILES string of the molecule is CC1=C2CC(CC1C1(C3CC4CC(=C3C)C4(C)C)CC3CC(=C1C)C3(C)C)C2(C)C.C[N+](C)(C)CCO. The van der Waals surface area contributed by atoms with E-state index in [1.54, 1.807) is 0 Å². The molecule has 0 heterocycles. The van der Waals surface area contributed by atoms with Crippen molar-refractivity contribution in [3.8, 4) is 0 Å². The summed E-state index contributed by atoms with van der Waals surface area (Å²) in [4.78, 5) is 0. The molecular weight excluding hydrogens is 450 g/mol. The lowest BCUT2D eigenvalue weighted by molar-refractivity contribution is -0.870. The van der Waals surface area contributed by atoms with Gasteiger partial charge in [-0.25, -0.2) is 0 Å². The Labute approximate surface area is 229 Å². The van der Waals surface area contributed by atoms with Gasteiger partial charge in [-0.05, 0) is 105 Å². The summed E-state index contributed by atoms with van der Waals surface area (Å²) in [6.07, 6.45) is 8.56. The third-order valence-corrected chi connectivity index (χ3v) is 13.5. The van der Waals surface area contributed by atoms with Crippen LogP contribution in [-0.4, -0.2) is 43.9 Å². The molecule has 0 aromatic carbocycles. The minimum absolute atomic E-state index is 0.281. The number of fused-ring (bicyclic) bond motifs is 8. The third-order valence-electron chi connectivity index (χ3n) is 13.5. The smallest absolute Gasteiger partial charge is 0.101 e. The van der Waals surface area contributed by atoms with Gasteiger partial charge in [0.1, 0.15) is 6.54 Å².